The Bertz CT molecular complexity index is 939. The first kappa shape index (κ1) is 21.3. The summed E-state index contributed by atoms with van der Waals surface area (Å²) in [5.41, 5.74) is 3.26. The lowest BCUT2D eigenvalue weighted by Crippen LogP contribution is -2.36. The summed E-state index contributed by atoms with van der Waals surface area (Å²) < 4.78 is 5.24. The maximum absolute atomic E-state index is 12.8. The third-order valence-corrected chi connectivity index (χ3v) is 4.77. The highest BCUT2D eigenvalue weighted by atomic mass is 16.5. The van der Waals surface area contributed by atoms with Gasteiger partial charge in [-0.15, -0.1) is 0 Å². The van der Waals surface area contributed by atoms with Crippen LogP contribution >= 0.6 is 0 Å². The van der Waals surface area contributed by atoms with Crippen molar-refractivity contribution in [1.82, 2.24) is 15.1 Å². The number of hydrogen-bond donors (Lipinski definition) is 1. The van der Waals surface area contributed by atoms with Crippen molar-refractivity contribution in [2.24, 2.45) is 0 Å². The Labute approximate surface area is 176 Å². The van der Waals surface area contributed by atoms with Gasteiger partial charge in [0.15, 0.2) is 12.3 Å². The van der Waals surface area contributed by atoms with Crippen LogP contribution in [0.3, 0.4) is 0 Å². The fourth-order valence-corrected chi connectivity index (χ4v) is 3.16. The van der Waals surface area contributed by atoms with Crippen molar-refractivity contribution in [3.63, 3.8) is 0 Å². The predicted octanol–water partition coefficient (Wildman–Crippen LogP) is 3.79. The maximum atomic E-state index is 12.8. The number of aryl methyl sites for hydroxylation is 1. The quantitative estimate of drug-likeness (QED) is 0.521. The van der Waals surface area contributed by atoms with Crippen molar-refractivity contribution in [1.29, 1.82) is 0 Å². The van der Waals surface area contributed by atoms with E-state index in [1.165, 1.54) is 0 Å². The molecule has 0 aliphatic heterocycles. The third-order valence-electron chi connectivity index (χ3n) is 4.77. The molecule has 0 spiro atoms. The second kappa shape index (κ2) is 11.0. The number of aromatic nitrogens is 2. The first-order chi connectivity index (χ1) is 14.7. The molecule has 1 heterocycles. The van der Waals surface area contributed by atoms with Crippen LogP contribution < -0.4 is 0 Å². The van der Waals surface area contributed by atoms with E-state index in [1.54, 1.807) is 11.0 Å². The van der Waals surface area contributed by atoms with Crippen molar-refractivity contribution in [3.8, 4) is 0 Å². The lowest BCUT2D eigenvalue weighted by atomic mass is 10.1. The second-order valence-corrected chi connectivity index (χ2v) is 7.14. The lowest BCUT2D eigenvalue weighted by molar-refractivity contribution is -0.135. The molecule has 0 bridgehead atoms. The molecular formula is C24H27N3O3. The molecule has 1 aromatic heterocycles. The van der Waals surface area contributed by atoms with Gasteiger partial charge in [0, 0.05) is 18.8 Å². The highest BCUT2D eigenvalue weighted by molar-refractivity contribution is 5.89. The van der Waals surface area contributed by atoms with E-state index >= 15 is 0 Å². The Balaban J connectivity index is 1.60. The van der Waals surface area contributed by atoms with E-state index in [9.17, 15) is 9.59 Å². The number of ether oxygens (including phenoxy) is 1. The molecule has 0 fully saturated rings. The van der Waals surface area contributed by atoms with E-state index in [4.69, 9.17) is 4.74 Å². The summed E-state index contributed by atoms with van der Waals surface area (Å²) >= 11 is 0. The van der Waals surface area contributed by atoms with Gasteiger partial charge in [-0.1, -0.05) is 74.0 Å². The van der Waals surface area contributed by atoms with Gasteiger partial charge in [0.1, 0.15) is 0 Å². The van der Waals surface area contributed by atoms with Crippen molar-refractivity contribution in [3.05, 3.63) is 89.2 Å². The average molecular weight is 405 g/mol. The molecule has 0 radical (unpaired) electrons. The maximum Gasteiger partial charge on any atom is 0.359 e. The molecule has 1 N–H and O–H groups in total. The molecule has 0 saturated carbocycles. The van der Waals surface area contributed by atoms with Crippen molar-refractivity contribution in [2.75, 3.05) is 13.2 Å². The number of carbonyl (C=O) groups is 2. The van der Waals surface area contributed by atoms with Gasteiger partial charge in [0.25, 0.3) is 5.91 Å². The summed E-state index contributed by atoms with van der Waals surface area (Å²) in [4.78, 5) is 26.8. The van der Waals surface area contributed by atoms with Crippen LogP contribution in [-0.2, 0) is 28.9 Å². The molecule has 3 rings (SSSR count). The Morgan fingerprint density at radius 1 is 0.967 bits per heavy atom. The fraction of sp³-hybridized carbons (Fsp3) is 0.292. The largest absolute Gasteiger partial charge is 0.451 e. The first-order valence-corrected chi connectivity index (χ1v) is 10.2. The van der Waals surface area contributed by atoms with Crippen molar-refractivity contribution >= 4 is 11.9 Å². The van der Waals surface area contributed by atoms with Crippen LogP contribution in [0.1, 0.15) is 40.7 Å². The van der Waals surface area contributed by atoms with E-state index in [2.05, 4.69) is 10.2 Å². The molecule has 6 nitrogen and oxygen atoms in total. The van der Waals surface area contributed by atoms with E-state index in [-0.39, 0.29) is 18.2 Å². The summed E-state index contributed by atoms with van der Waals surface area (Å²) in [6, 6.07) is 21.5. The summed E-state index contributed by atoms with van der Waals surface area (Å²) in [7, 11) is 0. The summed E-state index contributed by atoms with van der Waals surface area (Å²) in [6.45, 7) is 2.75. The zero-order valence-corrected chi connectivity index (χ0v) is 17.2. The molecule has 6 heteroatoms. The molecule has 0 saturated heterocycles. The number of aromatic amines is 1. The summed E-state index contributed by atoms with van der Waals surface area (Å²) in [5.74, 6) is -0.822. The zero-order chi connectivity index (χ0) is 21.2. The minimum absolute atomic E-state index is 0.199. The minimum atomic E-state index is -0.593. The molecule has 0 unspecified atom stereocenters. The first-order valence-electron chi connectivity index (χ1n) is 10.2. The molecule has 3 aromatic rings. The number of hydrogen-bond acceptors (Lipinski definition) is 4. The number of carbonyl (C=O) groups excluding carboxylic acids is 2. The smallest absolute Gasteiger partial charge is 0.359 e. The number of rotatable bonds is 10. The fourth-order valence-electron chi connectivity index (χ4n) is 3.16. The number of benzene rings is 2. The van der Waals surface area contributed by atoms with Gasteiger partial charge < -0.3 is 9.64 Å². The molecule has 0 aliphatic rings. The van der Waals surface area contributed by atoms with Crippen LogP contribution in [0.15, 0.2) is 66.7 Å². The minimum Gasteiger partial charge on any atom is -0.451 e. The Morgan fingerprint density at radius 2 is 1.63 bits per heavy atom. The van der Waals surface area contributed by atoms with E-state index in [0.29, 0.717) is 13.1 Å². The summed E-state index contributed by atoms with van der Waals surface area (Å²) in [6.07, 6.45) is 2.49. The monoisotopic (exact) mass is 405 g/mol. The van der Waals surface area contributed by atoms with Gasteiger partial charge in [-0.2, -0.15) is 5.10 Å². The molecule has 0 aliphatic carbocycles. The van der Waals surface area contributed by atoms with Crippen LogP contribution in [0.5, 0.6) is 0 Å². The molecule has 30 heavy (non-hydrogen) atoms. The van der Waals surface area contributed by atoms with Crippen molar-refractivity contribution in [2.45, 2.75) is 32.7 Å². The number of nitrogens with one attached hydrogen (secondary N) is 1. The molecular weight excluding hydrogens is 378 g/mol. The van der Waals surface area contributed by atoms with Gasteiger partial charge in [0.05, 0.1) is 0 Å². The Hall–Kier alpha value is -3.41. The number of esters is 1. The average Bonchev–Trinajstić information content (AvgIpc) is 3.25. The number of H-pyrrole nitrogens is 1. The number of amides is 1. The van der Waals surface area contributed by atoms with Crippen LogP contribution in [-0.4, -0.2) is 40.1 Å². The van der Waals surface area contributed by atoms with E-state index < -0.39 is 5.97 Å². The number of nitrogens with zero attached hydrogens (tertiary/aromatic N) is 2. The molecule has 1 amide bonds. The van der Waals surface area contributed by atoms with Crippen LogP contribution in [0.2, 0.25) is 0 Å². The van der Waals surface area contributed by atoms with Crippen LogP contribution in [0, 0.1) is 0 Å². The predicted molar refractivity (Wildman–Crippen MR) is 115 cm³/mol. The molecule has 2 aromatic carbocycles. The van der Waals surface area contributed by atoms with Crippen molar-refractivity contribution < 1.29 is 14.3 Å². The van der Waals surface area contributed by atoms with Gasteiger partial charge in [0.2, 0.25) is 0 Å². The highest BCUT2D eigenvalue weighted by Crippen LogP contribution is 2.09. The second-order valence-electron chi connectivity index (χ2n) is 7.14. The van der Waals surface area contributed by atoms with Crippen LogP contribution in [0.25, 0.3) is 0 Å². The van der Waals surface area contributed by atoms with Gasteiger partial charge in [-0.25, -0.2) is 4.79 Å². The molecule has 0 atom stereocenters. The van der Waals surface area contributed by atoms with E-state index in [1.807, 2.05) is 67.6 Å². The van der Waals surface area contributed by atoms with Gasteiger partial charge in [-0.3, -0.25) is 9.89 Å². The van der Waals surface area contributed by atoms with Gasteiger partial charge in [-0.05, 0) is 30.0 Å². The van der Waals surface area contributed by atoms with E-state index in [0.717, 1.165) is 36.1 Å². The standard InChI is InChI=1S/C24H27N3O3/c1-2-9-21-16-22(26-25-21)24(29)30-18-23(28)27(17-20-12-7-4-8-13-20)15-14-19-10-5-3-6-11-19/h3-8,10-13,16H,2,9,14-15,17-18H2,1H3,(H,25,26). The van der Waals surface area contributed by atoms with Gasteiger partial charge >= 0.3 is 5.97 Å². The SMILES string of the molecule is CCCc1cc(C(=O)OCC(=O)N(CCc2ccccc2)Cc2ccccc2)n[nH]1. The third kappa shape index (κ3) is 6.30. The highest BCUT2D eigenvalue weighted by Gasteiger charge is 2.18. The normalized spacial score (nSPS) is 10.6. The topological polar surface area (TPSA) is 75.3 Å². The van der Waals surface area contributed by atoms with Crippen LogP contribution in [0.4, 0.5) is 0 Å². The Kier molecular flexibility index (Phi) is 7.78. The zero-order valence-electron chi connectivity index (χ0n) is 17.2. The Morgan fingerprint density at radius 3 is 2.30 bits per heavy atom. The lowest BCUT2D eigenvalue weighted by Gasteiger charge is -2.23. The molecule has 156 valence electrons. The summed E-state index contributed by atoms with van der Waals surface area (Å²) in [5, 5.41) is 6.80.